The number of amides is 2. The predicted octanol–water partition coefficient (Wildman–Crippen LogP) is 3.58. The number of hydrogen-bond acceptors (Lipinski definition) is 5. The molecule has 0 bridgehead atoms. The van der Waals surface area contributed by atoms with E-state index in [1.807, 2.05) is 6.07 Å². The van der Waals surface area contributed by atoms with E-state index in [0.717, 1.165) is 4.90 Å². The number of halogens is 1. The number of fused-ring (bicyclic) bond motifs is 1. The molecule has 3 aromatic rings. The van der Waals surface area contributed by atoms with Crippen molar-refractivity contribution in [3.63, 3.8) is 0 Å². The van der Waals surface area contributed by atoms with Gasteiger partial charge in [0.05, 0.1) is 23.0 Å². The summed E-state index contributed by atoms with van der Waals surface area (Å²) in [5.41, 5.74) is 1.19. The Morgan fingerprint density at radius 3 is 2.19 bits per heavy atom. The van der Waals surface area contributed by atoms with E-state index < -0.39 is 41.7 Å². The summed E-state index contributed by atoms with van der Waals surface area (Å²) in [6.07, 6.45) is -1.14. The van der Waals surface area contributed by atoms with Crippen LogP contribution in [0.4, 0.5) is 15.8 Å². The van der Waals surface area contributed by atoms with Gasteiger partial charge in [-0.05, 0) is 48.0 Å². The Morgan fingerprint density at radius 2 is 1.50 bits per heavy atom. The molecule has 2 saturated heterocycles. The number of nitrogens with zero attached hydrogens (tertiary/aromatic N) is 2. The highest BCUT2D eigenvalue weighted by atomic mass is 19.1. The van der Waals surface area contributed by atoms with E-state index in [2.05, 4.69) is 0 Å². The standard InChI is InChI=1S/C24H17FN2O5/c25-14-10-12-15(13-11-14)26-22(28)19-20(17-8-4-5-9-18(17)24(30)31)27(32-21(19)23(26)29)16-6-2-1-3-7-16/h1-13,19-21H,(H,30,31)/t19-,20+,21+/m0/s1. The lowest BCUT2D eigenvalue weighted by Crippen LogP contribution is -2.37. The lowest BCUT2D eigenvalue weighted by molar-refractivity contribution is -0.126. The van der Waals surface area contributed by atoms with E-state index in [-0.39, 0.29) is 11.3 Å². The summed E-state index contributed by atoms with van der Waals surface area (Å²) in [6, 6.07) is 19.4. The molecular weight excluding hydrogens is 415 g/mol. The first-order chi connectivity index (χ1) is 15.5. The number of benzene rings is 3. The molecule has 3 atom stereocenters. The summed E-state index contributed by atoms with van der Waals surface area (Å²) in [5.74, 6) is -3.73. The number of hydrogen-bond donors (Lipinski definition) is 1. The monoisotopic (exact) mass is 432 g/mol. The van der Waals surface area contributed by atoms with E-state index in [1.54, 1.807) is 42.5 Å². The Morgan fingerprint density at radius 1 is 0.844 bits per heavy atom. The second-order valence-electron chi connectivity index (χ2n) is 7.54. The molecule has 2 aliphatic rings. The summed E-state index contributed by atoms with van der Waals surface area (Å²) >= 11 is 0. The van der Waals surface area contributed by atoms with Crippen LogP contribution in [0, 0.1) is 11.7 Å². The van der Waals surface area contributed by atoms with Crippen LogP contribution in [-0.2, 0) is 14.4 Å². The number of aromatic carboxylic acids is 1. The van der Waals surface area contributed by atoms with Gasteiger partial charge in [0.1, 0.15) is 11.7 Å². The van der Waals surface area contributed by atoms with Crippen molar-refractivity contribution in [1.29, 1.82) is 0 Å². The largest absolute Gasteiger partial charge is 0.478 e. The molecule has 32 heavy (non-hydrogen) atoms. The van der Waals surface area contributed by atoms with Crippen LogP contribution in [0.3, 0.4) is 0 Å². The first kappa shape index (κ1) is 19.9. The van der Waals surface area contributed by atoms with Crippen molar-refractivity contribution in [2.45, 2.75) is 12.1 Å². The number of carboxylic acids is 1. The molecular formula is C24H17FN2O5. The maximum absolute atomic E-state index is 13.5. The number of carbonyl (C=O) groups is 3. The molecule has 0 radical (unpaired) electrons. The maximum atomic E-state index is 13.5. The van der Waals surface area contributed by atoms with Crippen molar-refractivity contribution in [2.75, 3.05) is 9.96 Å². The van der Waals surface area contributed by atoms with Crippen molar-refractivity contribution < 1.29 is 28.7 Å². The van der Waals surface area contributed by atoms with Gasteiger partial charge in [0, 0.05) is 0 Å². The second kappa shape index (κ2) is 7.58. The minimum absolute atomic E-state index is 0.0168. The second-order valence-corrected chi connectivity index (χ2v) is 7.54. The molecule has 8 heteroatoms. The van der Waals surface area contributed by atoms with E-state index in [9.17, 15) is 23.9 Å². The van der Waals surface area contributed by atoms with Crippen LogP contribution in [0.25, 0.3) is 0 Å². The quantitative estimate of drug-likeness (QED) is 0.635. The topological polar surface area (TPSA) is 87.2 Å². The fourth-order valence-corrected chi connectivity index (χ4v) is 4.32. The molecule has 0 unspecified atom stereocenters. The van der Waals surface area contributed by atoms with E-state index in [4.69, 9.17) is 4.84 Å². The molecule has 2 amide bonds. The highest BCUT2D eigenvalue weighted by Gasteiger charge is 2.60. The predicted molar refractivity (Wildman–Crippen MR) is 112 cm³/mol. The van der Waals surface area contributed by atoms with Gasteiger partial charge < -0.3 is 5.11 Å². The third-order valence-corrected chi connectivity index (χ3v) is 5.72. The summed E-state index contributed by atoms with van der Waals surface area (Å²) in [4.78, 5) is 45.6. The van der Waals surface area contributed by atoms with Crippen molar-refractivity contribution in [2.24, 2.45) is 5.92 Å². The minimum atomic E-state index is -1.15. The molecule has 5 rings (SSSR count). The van der Waals surface area contributed by atoms with Crippen LogP contribution < -0.4 is 9.96 Å². The van der Waals surface area contributed by atoms with Crippen molar-refractivity contribution in [3.05, 3.63) is 95.8 Å². The highest BCUT2D eigenvalue weighted by molar-refractivity contribution is 6.24. The fourth-order valence-electron chi connectivity index (χ4n) is 4.32. The Bertz CT molecular complexity index is 1210. The number of carbonyl (C=O) groups excluding carboxylic acids is 2. The van der Waals surface area contributed by atoms with Crippen LogP contribution in [0.1, 0.15) is 22.0 Å². The van der Waals surface area contributed by atoms with Gasteiger partial charge >= 0.3 is 5.97 Å². The van der Waals surface area contributed by atoms with Crippen LogP contribution in [0.15, 0.2) is 78.9 Å². The van der Waals surface area contributed by atoms with Crippen molar-refractivity contribution >= 4 is 29.2 Å². The number of anilines is 2. The Labute approximate surface area is 182 Å². The van der Waals surface area contributed by atoms with Crippen LogP contribution in [0.5, 0.6) is 0 Å². The SMILES string of the molecule is O=C(O)c1ccccc1[C@@H]1[C@@H]2C(=O)N(c3ccc(F)cc3)C(=O)[C@@H]2ON1c1ccccc1. The molecule has 0 aromatic heterocycles. The average molecular weight is 432 g/mol. The zero-order chi connectivity index (χ0) is 22.4. The molecule has 3 aromatic carbocycles. The van der Waals surface area contributed by atoms with Gasteiger partial charge in [0.15, 0.2) is 6.10 Å². The summed E-state index contributed by atoms with van der Waals surface area (Å²) < 4.78 is 13.4. The third kappa shape index (κ3) is 3.04. The molecule has 7 nitrogen and oxygen atoms in total. The van der Waals surface area contributed by atoms with Gasteiger partial charge in [-0.3, -0.25) is 14.4 Å². The van der Waals surface area contributed by atoms with Crippen LogP contribution in [-0.4, -0.2) is 29.0 Å². The van der Waals surface area contributed by atoms with Crippen molar-refractivity contribution in [1.82, 2.24) is 0 Å². The molecule has 0 aliphatic carbocycles. The van der Waals surface area contributed by atoms with Gasteiger partial charge in [-0.25, -0.2) is 19.1 Å². The highest BCUT2D eigenvalue weighted by Crippen LogP contribution is 2.48. The number of para-hydroxylation sites is 1. The van der Waals surface area contributed by atoms with Gasteiger partial charge in [-0.2, -0.15) is 0 Å². The van der Waals surface area contributed by atoms with Crippen molar-refractivity contribution in [3.8, 4) is 0 Å². The Balaban J connectivity index is 1.63. The van der Waals surface area contributed by atoms with Gasteiger partial charge in [0.25, 0.3) is 5.91 Å². The first-order valence-electron chi connectivity index (χ1n) is 9.94. The lowest BCUT2D eigenvalue weighted by Gasteiger charge is -2.29. The normalized spacial score (nSPS) is 22.3. The summed E-state index contributed by atoms with van der Waals surface area (Å²) in [7, 11) is 0. The summed E-state index contributed by atoms with van der Waals surface area (Å²) in [6.45, 7) is 0. The molecule has 2 fully saturated rings. The van der Waals surface area contributed by atoms with E-state index in [0.29, 0.717) is 11.3 Å². The minimum Gasteiger partial charge on any atom is -0.478 e. The van der Waals surface area contributed by atoms with Gasteiger partial charge in [-0.15, -0.1) is 0 Å². The van der Waals surface area contributed by atoms with Gasteiger partial charge in [-0.1, -0.05) is 36.4 Å². The van der Waals surface area contributed by atoms with Crippen LogP contribution >= 0.6 is 0 Å². The fraction of sp³-hybridized carbons (Fsp3) is 0.125. The molecule has 0 spiro atoms. The summed E-state index contributed by atoms with van der Waals surface area (Å²) in [5, 5.41) is 11.2. The smallest absolute Gasteiger partial charge is 0.336 e. The lowest BCUT2D eigenvalue weighted by atomic mass is 9.88. The Hall–Kier alpha value is -4.04. The zero-order valence-corrected chi connectivity index (χ0v) is 16.6. The zero-order valence-electron chi connectivity index (χ0n) is 16.6. The number of imide groups is 1. The third-order valence-electron chi connectivity index (χ3n) is 5.72. The first-order valence-corrected chi connectivity index (χ1v) is 9.94. The van der Waals surface area contributed by atoms with Crippen LogP contribution in [0.2, 0.25) is 0 Å². The molecule has 2 aliphatic heterocycles. The number of carboxylic acid groups (broad SMARTS) is 1. The maximum Gasteiger partial charge on any atom is 0.336 e. The number of rotatable bonds is 4. The molecule has 160 valence electrons. The molecule has 0 saturated carbocycles. The molecule has 1 N–H and O–H groups in total. The molecule has 2 heterocycles. The van der Waals surface area contributed by atoms with Gasteiger partial charge in [0.2, 0.25) is 5.91 Å². The van der Waals surface area contributed by atoms with E-state index in [1.165, 1.54) is 35.4 Å². The Kier molecular flexibility index (Phi) is 4.71. The van der Waals surface area contributed by atoms with E-state index >= 15 is 0 Å². The number of hydroxylamine groups is 1. The average Bonchev–Trinajstić information content (AvgIpc) is 3.31.